The molecule has 8 heteroatoms. The van der Waals surface area contributed by atoms with Crippen molar-refractivity contribution >= 4 is 39.9 Å². The van der Waals surface area contributed by atoms with E-state index >= 15 is 0 Å². The van der Waals surface area contributed by atoms with E-state index in [-0.39, 0.29) is 24.3 Å². The van der Waals surface area contributed by atoms with Crippen molar-refractivity contribution in [3.05, 3.63) is 52.5 Å². The van der Waals surface area contributed by atoms with Gasteiger partial charge in [-0.25, -0.2) is 14.8 Å². The van der Waals surface area contributed by atoms with Crippen LogP contribution in [0.3, 0.4) is 0 Å². The van der Waals surface area contributed by atoms with E-state index in [1.165, 1.54) is 7.11 Å². The number of ether oxygens (including phenoxy) is 1. The zero-order valence-electron chi connectivity index (χ0n) is 16.6. The Morgan fingerprint density at radius 3 is 2.62 bits per heavy atom. The number of hydrogen-bond acceptors (Lipinski definition) is 7. The topological polar surface area (TPSA) is 93.2 Å². The van der Waals surface area contributed by atoms with E-state index in [0.717, 1.165) is 15.8 Å². The number of hydrogen-bond donors (Lipinski definition) is 2. The van der Waals surface area contributed by atoms with Gasteiger partial charge in [0.1, 0.15) is 11.9 Å². The van der Waals surface area contributed by atoms with E-state index in [0.29, 0.717) is 18.1 Å². The largest absolute Gasteiger partial charge is 0.467 e. The highest BCUT2D eigenvalue weighted by molar-refractivity contribution is 7.10. The molecule has 0 radical (unpaired) electrons. The van der Waals surface area contributed by atoms with Gasteiger partial charge < -0.3 is 15.4 Å². The molecule has 1 atom stereocenters. The van der Waals surface area contributed by atoms with E-state index in [1.807, 2.05) is 55.6 Å². The van der Waals surface area contributed by atoms with E-state index in [4.69, 9.17) is 4.74 Å². The van der Waals surface area contributed by atoms with Crippen LogP contribution in [-0.4, -0.2) is 35.0 Å². The summed E-state index contributed by atoms with van der Waals surface area (Å²) in [5.41, 5.74) is 0.736. The van der Waals surface area contributed by atoms with Crippen molar-refractivity contribution in [2.75, 3.05) is 12.4 Å². The molecule has 2 aromatic heterocycles. The maximum atomic E-state index is 12.2. The zero-order chi connectivity index (χ0) is 20.8. The Bertz CT molecular complexity index is 989. The highest BCUT2D eigenvalue weighted by Crippen LogP contribution is 2.22. The first-order valence-electron chi connectivity index (χ1n) is 9.37. The molecule has 0 fully saturated rings. The Morgan fingerprint density at radius 1 is 1.14 bits per heavy atom. The molecule has 1 aromatic carbocycles. The lowest BCUT2D eigenvalue weighted by Crippen LogP contribution is -2.36. The van der Waals surface area contributed by atoms with Crippen LogP contribution in [0.25, 0.3) is 10.9 Å². The smallest absolute Gasteiger partial charge is 0.328 e. The van der Waals surface area contributed by atoms with E-state index in [1.54, 1.807) is 11.3 Å². The second kappa shape index (κ2) is 9.47. The van der Waals surface area contributed by atoms with Crippen LogP contribution in [0.4, 0.5) is 5.82 Å². The summed E-state index contributed by atoms with van der Waals surface area (Å²) in [6, 6.07) is 10.9. The summed E-state index contributed by atoms with van der Waals surface area (Å²) in [6.07, 6.45) is 0.327. The normalized spacial score (nSPS) is 12.0. The molecule has 152 valence electrons. The third-order valence-electron chi connectivity index (χ3n) is 4.42. The number of aromatic nitrogens is 2. The molecule has 0 aliphatic heterocycles. The maximum Gasteiger partial charge on any atom is 0.328 e. The Labute approximate surface area is 173 Å². The molecule has 0 aliphatic rings. The van der Waals surface area contributed by atoms with E-state index in [9.17, 15) is 9.59 Å². The molecular formula is C21H24N4O3S. The number of carbonyl (C=O) groups is 2. The van der Waals surface area contributed by atoms with E-state index in [2.05, 4.69) is 20.6 Å². The summed E-state index contributed by atoms with van der Waals surface area (Å²) in [6.45, 7) is 4.07. The lowest BCUT2D eigenvalue weighted by molar-refractivity contribution is -0.142. The number of nitrogens with one attached hydrogen (secondary N) is 2. The predicted octanol–water partition coefficient (Wildman–Crippen LogP) is 3.16. The van der Waals surface area contributed by atoms with Gasteiger partial charge in [0, 0.05) is 10.3 Å². The second-order valence-corrected chi connectivity index (χ2v) is 7.96. The lowest BCUT2D eigenvalue weighted by Gasteiger charge is -2.21. The lowest BCUT2D eigenvalue weighted by atomic mass is 10.0. The number of benzene rings is 1. The van der Waals surface area contributed by atoms with Crippen molar-refractivity contribution in [2.45, 2.75) is 32.9 Å². The molecule has 0 bridgehead atoms. The highest BCUT2D eigenvalue weighted by atomic mass is 32.1. The monoisotopic (exact) mass is 412 g/mol. The minimum Gasteiger partial charge on any atom is -0.467 e. The van der Waals surface area contributed by atoms with Crippen molar-refractivity contribution in [1.82, 2.24) is 15.3 Å². The van der Waals surface area contributed by atoms with Crippen LogP contribution < -0.4 is 10.6 Å². The van der Waals surface area contributed by atoms with Gasteiger partial charge in [0.15, 0.2) is 5.82 Å². The van der Waals surface area contributed by atoms with Crippen molar-refractivity contribution in [1.29, 1.82) is 0 Å². The Kier molecular flexibility index (Phi) is 6.77. The molecule has 0 aliphatic carbocycles. The van der Waals surface area contributed by atoms with Crippen LogP contribution >= 0.6 is 11.3 Å². The van der Waals surface area contributed by atoms with Crippen molar-refractivity contribution in [3.63, 3.8) is 0 Å². The number of nitrogens with zero attached hydrogens (tertiary/aromatic N) is 2. The van der Waals surface area contributed by atoms with Gasteiger partial charge in [0.05, 0.1) is 25.6 Å². The average molecular weight is 413 g/mol. The number of fused-ring (bicyclic) bond motifs is 1. The van der Waals surface area contributed by atoms with Crippen molar-refractivity contribution in [2.24, 2.45) is 5.92 Å². The fourth-order valence-corrected chi connectivity index (χ4v) is 3.60. The third-order valence-corrected chi connectivity index (χ3v) is 5.30. The van der Waals surface area contributed by atoms with Crippen LogP contribution in [0, 0.1) is 5.92 Å². The first-order chi connectivity index (χ1) is 14.0. The van der Waals surface area contributed by atoms with Crippen molar-refractivity contribution < 1.29 is 14.3 Å². The van der Waals surface area contributed by atoms with Gasteiger partial charge in [0.25, 0.3) is 0 Å². The highest BCUT2D eigenvalue weighted by Gasteiger charge is 2.24. The fourth-order valence-electron chi connectivity index (χ4n) is 2.90. The molecule has 29 heavy (non-hydrogen) atoms. The molecule has 2 heterocycles. The maximum absolute atomic E-state index is 12.2. The van der Waals surface area contributed by atoms with Crippen LogP contribution in [0.5, 0.6) is 0 Å². The number of carbonyl (C=O) groups excluding carboxylic acids is 2. The van der Waals surface area contributed by atoms with Gasteiger partial charge in [-0.3, -0.25) is 4.79 Å². The third kappa shape index (κ3) is 5.29. The van der Waals surface area contributed by atoms with Gasteiger partial charge >= 0.3 is 5.97 Å². The number of anilines is 1. The molecule has 3 aromatic rings. The summed E-state index contributed by atoms with van der Waals surface area (Å²) >= 11 is 1.55. The summed E-state index contributed by atoms with van der Waals surface area (Å²) in [5, 5.41) is 8.81. The van der Waals surface area contributed by atoms with Crippen LogP contribution in [0.15, 0.2) is 41.8 Å². The summed E-state index contributed by atoms with van der Waals surface area (Å²) in [7, 11) is 1.37. The van der Waals surface area contributed by atoms with Gasteiger partial charge in [-0.05, 0) is 29.5 Å². The van der Waals surface area contributed by atoms with Crippen LogP contribution in [0.1, 0.15) is 24.5 Å². The van der Waals surface area contributed by atoms with Crippen LogP contribution in [0.2, 0.25) is 0 Å². The molecule has 0 saturated carbocycles. The van der Waals surface area contributed by atoms with Crippen LogP contribution in [-0.2, 0) is 27.3 Å². The molecule has 2 N–H and O–H groups in total. The minimum atomic E-state index is -0.542. The number of esters is 1. The number of rotatable bonds is 8. The SMILES string of the molecule is COC(=O)[C@@H](Nc1nc(CNC(=O)Cc2cccs2)nc2ccccc12)C(C)C. The summed E-state index contributed by atoms with van der Waals surface area (Å²) in [4.78, 5) is 34.5. The number of amides is 1. The quantitative estimate of drug-likeness (QED) is 0.552. The van der Waals surface area contributed by atoms with Gasteiger partial charge in [0.2, 0.25) is 5.91 Å². The summed E-state index contributed by atoms with van der Waals surface area (Å²) in [5.74, 6) is 0.576. The number of para-hydroxylation sites is 1. The number of methoxy groups -OCH3 is 1. The molecule has 3 rings (SSSR count). The van der Waals surface area contributed by atoms with Gasteiger partial charge in [-0.2, -0.15) is 0 Å². The zero-order valence-corrected chi connectivity index (χ0v) is 17.5. The fraction of sp³-hybridized carbons (Fsp3) is 0.333. The second-order valence-electron chi connectivity index (χ2n) is 6.93. The number of thiophene rings is 1. The van der Waals surface area contributed by atoms with Gasteiger partial charge in [-0.15, -0.1) is 11.3 Å². The standard InChI is InChI=1S/C21H24N4O3S/c1-13(2)19(21(27)28-3)25-20-15-8-4-5-9-16(15)23-17(24-20)12-22-18(26)11-14-7-6-10-29-14/h4-10,13,19H,11-12H2,1-3H3,(H,22,26)(H,23,24,25)/t19-/m0/s1. The Morgan fingerprint density at radius 2 is 1.93 bits per heavy atom. The Balaban J connectivity index is 1.81. The molecule has 0 spiro atoms. The molecule has 7 nitrogen and oxygen atoms in total. The molecular weight excluding hydrogens is 388 g/mol. The molecule has 0 saturated heterocycles. The van der Waals surface area contributed by atoms with E-state index < -0.39 is 6.04 Å². The molecule has 0 unspecified atom stereocenters. The summed E-state index contributed by atoms with van der Waals surface area (Å²) < 4.78 is 4.92. The van der Waals surface area contributed by atoms with Gasteiger partial charge in [-0.1, -0.05) is 32.0 Å². The molecule has 1 amide bonds. The first-order valence-corrected chi connectivity index (χ1v) is 10.2. The Hall–Kier alpha value is -3.00. The minimum absolute atomic E-state index is 0.00475. The first kappa shape index (κ1) is 20.7. The van der Waals surface area contributed by atoms with Crippen molar-refractivity contribution in [3.8, 4) is 0 Å². The average Bonchev–Trinajstić information content (AvgIpc) is 3.22. The predicted molar refractivity (Wildman–Crippen MR) is 114 cm³/mol.